The van der Waals surface area contributed by atoms with Crippen LogP contribution in [0, 0.1) is 5.92 Å². The highest BCUT2D eigenvalue weighted by atomic mass is 32.1. The molecule has 1 aliphatic rings. The normalized spacial score (nSPS) is 18.3. The molecule has 0 spiro atoms. The number of nitrogens with one attached hydrogen (secondary N) is 2. The summed E-state index contributed by atoms with van der Waals surface area (Å²) in [4.78, 5) is 4.68. The Hall–Kier alpha value is -1.79. The molecule has 3 rings (SSSR count). The van der Waals surface area contributed by atoms with Gasteiger partial charge >= 0.3 is 0 Å². The van der Waals surface area contributed by atoms with E-state index >= 15 is 0 Å². The Kier molecular flexibility index (Phi) is 6.11. The molecule has 1 unspecified atom stereocenters. The van der Waals surface area contributed by atoms with Crippen LogP contribution < -0.4 is 10.6 Å². The van der Waals surface area contributed by atoms with Gasteiger partial charge in [0.2, 0.25) is 0 Å². The van der Waals surface area contributed by atoms with Crippen molar-refractivity contribution in [2.24, 2.45) is 10.9 Å². The third-order valence-corrected chi connectivity index (χ3v) is 4.56. The molecule has 6 heteroatoms. The second-order valence-electron chi connectivity index (χ2n) is 5.66. The van der Waals surface area contributed by atoms with Crippen LogP contribution in [0.1, 0.15) is 17.7 Å². The maximum Gasteiger partial charge on any atom is 0.191 e. The average molecular weight is 333 g/mol. The number of rotatable bonds is 7. The first-order chi connectivity index (χ1) is 11.4. The van der Waals surface area contributed by atoms with Gasteiger partial charge in [-0.25, -0.2) is 4.99 Å². The van der Waals surface area contributed by atoms with Gasteiger partial charge in [-0.05, 0) is 40.9 Å². The Morgan fingerprint density at radius 3 is 3.09 bits per heavy atom. The van der Waals surface area contributed by atoms with Gasteiger partial charge in [-0.15, -0.1) is 0 Å². The lowest BCUT2D eigenvalue weighted by molar-refractivity contribution is 0.186. The molecule has 1 atom stereocenters. The number of furan rings is 1. The van der Waals surface area contributed by atoms with Gasteiger partial charge < -0.3 is 19.8 Å². The molecule has 2 aromatic rings. The highest BCUT2D eigenvalue weighted by Crippen LogP contribution is 2.11. The quantitative estimate of drug-likeness (QED) is 0.604. The van der Waals surface area contributed by atoms with Crippen molar-refractivity contribution in [3.8, 4) is 0 Å². The monoisotopic (exact) mass is 333 g/mol. The number of hydrogen-bond acceptors (Lipinski definition) is 4. The minimum atomic E-state index is 0.577. The second-order valence-corrected chi connectivity index (χ2v) is 6.44. The second kappa shape index (κ2) is 8.74. The van der Waals surface area contributed by atoms with E-state index in [0.29, 0.717) is 12.5 Å². The maximum atomic E-state index is 5.43. The smallest absolute Gasteiger partial charge is 0.191 e. The third kappa shape index (κ3) is 5.41. The lowest BCUT2D eigenvalue weighted by atomic mass is 10.1. The highest BCUT2D eigenvalue weighted by molar-refractivity contribution is 7.07. The minimum Gasteiger partial charge on any atom is -0.469 e. The fourth-order valence-corrected chi connectivity index (χ4v) is 3.13. The average Bonchev–Trinajstić information content (AvgIpc) is 3.33. The lowest BCUT2D eigenvalue weighted by Crippen LogP contribution is -2.40. The molecule has 0 aromatic carbocycles. The van der Waals surface area contributed by atoms with Crippen LogP contribution in [0.5, 0.6) is 0 Å². The van der Waals surface area contributed by atoms with Crippen molar-refractivity contribution in [3.05, 3.63) is 46.5 Å². The van der Waals surface area contributed by atoms with Crippen molar-refractivity contribution < 1.29 is 9.15 Å². The Bertz CT molecular complexity index is 575. The summed E-state index contributed by atoms with van der Waals surface area (Å²) < 4.78 is 10.8. The minimum absolute atomic E-state index is 0.577. The molecule has 0 bridgehead atoms. The van der Waals surface area contributed by atoms with Crippen LogP contribution in [-0.2, 0) is 17.7 Å². The van der Waals surface area contributed by atoms with Crippen molar-refractivity contribution in [2.45, 2.75) is 19.4 Å². The Morgan fingerprint density at radius 2 is 2.35 bits per heavy atom. The molecule has 1 fully saturated rings. The fraction of sp³-hybridized carbons (Fsp3) is 0.471. The predicted molar refractivity (Wildman–Crippen MR) is 92.8 cm³/mol. The van der Waals surface area contributed by atoms with Crippen molar-refractivity contribution in [2.75, 3.05) is 26.3 Å². The summed E-state index contributed by atoms with van der Waals surface area (Å²) in [6, 6.07) is 6.02. The Morgan fingerprint density at radius 1 is 1.35 bits per heavy atom. The summed E-state index contributed by atoms with van der Waals surface area (Å²) in [6.07, 6.45) is 3.68. The topological polar surface area (TPSA) is 58.8 Å². The fourth-order valence-electron chi connectivity index (χ4n) is 2.47. The van der Waals surface area contributed by atoms with E-state index in [0.717, 1.165) is 50.9 Å². The Balaban J connectivity index is 1.49. The lowest BCUT2D eigenvalue weighted by Gasteiger charge is -2.14. The number of nitrogens with zero attached hydrogens (tertiary/aromatic N) is 1. The van der Waals surface area contributed by atoms with Crippen LogP contribution in [0.15, 0.2) is 44.6 Å². The number of thiophene rings is 1. The summed E-state index contributed by atoms with van der Waals surface area (Å²) in [7, 11) is 0. The predicted octanol–water partition coefficient (Wildman–Crippen LogP) is 2.66. The van der Waals surface area contributed by atoms with E-state index in [9.17, 15) is 0 Å². The van der Waals surface area contributed by atoms with Gasteiger partial charge in [-0.2, -0.15) is 11.3 Å². The molecular weight excluding hydrogens is 310 g/mol. The first-order valence-electron chi connectivity index (χ1n) is 8.03. The van der Waals surface area contributed by atoms with Gasteiger partial charge in [-0.1, -0.05) is 0 Å². The standard InChI is InChI=1S/C17H23N3O2S/c1-2-16(22-7-1)3-6-18-17(19-10-14-4-8-21-12-14)20-11-15-5-9-23-13-15/h1-2,5,7,9,13-14H,3-4,6,8,10-12H2,(H2,18,19,20). The van der Waals surface area contributed by atoms with Crippen LogP contribution in [0.2, 0.25) is 0 Å². The molecule has 3 heterocycles. The molecule has 0 amide bonds. The number of hydrogen-bond donors (Lipinski definition) is 2. The summed E-state index contributed by atoms with van der Waals surface area (Å²) >= 11 is 1.70. The maximum absolute atomic E-state index is 5.43. The molecule has 0 radical (unpaired) electrons. The van der Waals surface area contributed by atoms with E-state index in [1.54, 1.807) is 17.6 Å². The van der Waals surface area contributed by atoms with E-state index in [4.69, 9.17) is 9.15 Å². The first kappa shape index (κ1) is 16.1. The van der Waals surface area contributed by atoms with E-state index in [2.05, 4.69) is 32.5 Å². The molecule has 5 nitrogen and oxygen atoms in total. The molecule has 124 valence electrons. The molecule has 1 saturated heterocycles. The van der Waals surface area contributed by atoms with E-state index in [-0.39, 0.29) is 0 Å². The molecule has 2 aromatic heterocycles. The largest absolute Gasteiger partial charge is 0.469 e. The van der Waals surface area contributed by atoms with Crippen LogP contribution in [0.3, 0.4) is 0 Å². The number of aliphatic imine (C=N–C) groups is 1. The summed E-state index contributed by atoms with van der Waals surface area (Å²) in [5.74, 6) is 2.42. The van der Waals surface area contributed by atoms with E-state index in [1.807, 2.05) is 12.1 Å². The van der Waals surface area contributed by atoms with E-state index in [1.165, 1.54) is 5.56 Å². The molecule has 1 aliphatic heterocycles. The van der Waals surface area contributed by atoms with E-state index < -0.39 is 0 Å². The zero-order chi connectivity index (χ0) is 15.7. The van der Waals surface area contributed by atoms with Gasteiger partial charge in [0, 0.05) is 32.0 Å². The van der Waals surface area contributed by atoms with Crippen LogP contribution >= 0.6 is 11.3 Å². The van der Waals surface area contributed by atoms with Gasteiger partial charge in [0.25, 0.3) is 0 Å². The summed E-state index contributed by atoms with van der Waals surface area (Å²) in [5.41, 5.74) is 1.24. The zero-order valence-electron chi connectivity index (χ0n) is 13.2. The van der Waals surface area contributed by atoms with Gasteiger partial charge in [0.1, 0.15) is 5.76 Å². The van der Waals surface area contributed by atoms with Crippen molar-refractivity contribution >= 4 is 17.3 Å². The van der Waals surface area contributed by atoms with Gasteiger partial charge in [0.05, 0.1) is 19.4 Å². The molecular formula is C17H23N3O2S. The van der Waals surface area contributed by atoms with Crippen LogP contribution in [-0.4, -0.2) is 32.3 Å². The number of ether oxygens (including phenoxy) is 1. The molecule has 2 N–H and O–H groups in total. The van der Waals surface area contributed by atoms with Crippen molar-refractivity contribution in [1.29, 1.82) is 0 Å². The summed E-state index contributed by atoms with van der Waals surface area (Å²) in [6.45, 7) is 4.11. The third-order valence-electron chi connectivity index (χ3n) is 3.83. The molecule has 23 heavy (non-hydrogen) atoms. The zero-order valence-corrected chi connectivity index (χ0v) is 14.0. The van der Waals surface area contributed by atoms with Crippen molar-refractivity contribution in [3.63, 3.8) is 0 Å². The number of guanidine groups is 1. The SMILES string of the molecule is c1coc(CCNC(=NCc2ccsc2)NCC2CCOC2)c1. The van der Waals surface area contributed by atoms with Gasteiger partial charge in [0.15, 0.2) is 5.96 Å². The Labute approximate surface area is 140 Å². The highest BCUT2D eigenvalue weighted by Gasteiger charge is 2.15. The van der Waals surface area contributed by atoms with Gasteiger partial charge in [-0.3, -0.25) is 0 Å². The van der Waals surface area contributed by atoms with Crippen LogP contribution in [0.25, 0.3) is 0 Å². The first-order valence-corrected chi connectivity index (χ1v) is 8.98. The summed E-state index contributed by atoms with van der Waals surface area (Å²) in [5, 5.41) is 11.0. The van der Waals surface area contributed by atoms with Crippen LogP contribution in [0.4, 0.5) is 0 Å². The molecule has 0 saturated carbocycles. The molecule has 0 aliphatic carbocycles. The van der Waals surface area contributed by atoms with Crippen molar-refractivity contribution in [1.82, 2.24) is 10.6 Å².